The topological polar surface area (TPSA) is 49.6 Å². The van der Waals surface area contributed by atoms with Gasteiger partial charge < -0.3 is 15.5 Å². The van der Waals surface area contributed by atoms with E-state index in [1.165, 1.54) is 0 Å². The molecule has 100 valence electrons. The third kappa shape index (κ3) is 4.64. The van der Waals surface area contributed by atoms with Gasteiger partial charge in [0.15, 0.2) is 0 Å². The Morgan fingerprint density at radius 1 is 1.35 bits per heavy atom. The Morgan fingerprint density at radius 3 is 2.47 bits per heavy atom. The second kappa shape index (κ2) is 6.97. The first-order valence-corrected chi connectivity index (χ1v) is 6.71. The summed E-state index contributed by atoms with van der Waals surface area (Å²) >= 11 is 0. The summed E-state index contributed by atoms with van der Waals surface area (Å²) in [6.45, 7) is 9.20. The van der Waals surface area contributed by atoms with Gasteiger partial charge in [-0.05, 0) is 24.8 Å². The average molecular weight is 241 g/mol. The number of carbonyl (C=O) groups is 1. The van der Waals surface area contributed by atoms with Crippen LogP contribution in [0.2, 0.25) is 0 Å². The average Bonchev–Trinajstić information content (AvgIpc) is 2.62. The molecule has 1 aliphatic rings. The van der Waals surface area contributed by atoms with Crippen molar-refractivity contribution >= 4 is 5.91 Å². The summed E-state index contributed by atoms with van der Waals surface area (Å²) in [6.07, 6.45) is 1.53. The summed E-state index contributed by atoms with van der Waals surface area (Å²) in [7, 11) is 1.87. The minimum absolute atomic E-state index is 0.241. The third-order valence-electron chi connectivity index (χ3n) is 3.83. The molecule has 0 bridgehead atoms. The molecule has 1 fully saturated rings. The number of hydrogen-bond acceptors (Lipinski definition) is 3. The molecular weight excluding hydrogens is 214 g/mol. The highest BCUT2D eigenvalue weighted by Gasteiger charge is 2.26. The predicted molar refractivity (Wildman–Crippen MR) is 70.7 cm³/mol. The summed E-state index contributed by atoms with van der Waals surface area (Å²) in [5, 5.41) is 0. The van der Waals surface area contributed by atoms with Gasteiger partial charge in [-0.3, -0.25) is 4.79 Å². The van der Waals surface area contributed by atoms with E-state index in [4.69, 9.17) is 5.73 Å². The number of carbonyl (C=O) groups excluding carboxylic acids is 1. The maximum Gasteiger partial charge on any atom is 0.223 e. The Hall–Kier alpha value is -0.610. The Balaban J connectivity index is 2.20. The van der Waals surface area contributed by atoms with Crippen molar-refractivity contribution in [3.8, 4) is 0 Å². The smallest absolute Gasteiger partial charge is 0.223 e. The van der Waals surface area contributed by atoms with Gasteiger partial charge in [-0.2, -0.15) is 0 Å². The Kier molecular flexibility index (Phi) is 5.92. The molecule has 0 spiro atoms. The number of rotatable bonds is 6. The molecule has 0 aromatic rings. The van der Waals surface area contributed by atoms with E-state index in [0.717, 1.165) is 44.4 Å². The number of likely N-dealkylation sites (tertiary alicyclic amines) is 1. The Bertz CT molecular complexity index is 235. The molecule has 2 atom stereocenters. The lowest BCUT2D eigenvalue weighted by atomic mass is 10.0. The van der Waals surface area contributed by atoms with Gasteiger partial charge in [0, 0.05) is 39.6 Å². The van der Waals surface area contributed by atoms with Crippen LogP contribution in [0, 0.1) is 11.8 Å². The molecule has 1 saturated heterocycles. The van der Waals surface area contributed by atoms with Crippen LogP contribution in [0.3, 0.4) is 0 Å². The van der Waals surface area contributed by atoms with Gasteiger partial charge in [0.2, 0.25) is 5.91 Å². The molecule has 0 aromatic carbocycles. The molecule has 1 heterocycles. The molecular formula is C13H27N3O. The highest BCUT2D eigenvalue weighted by molar-refractivity contribution is 5.76. The largest absolute Gasteiger partial charge is 0.346 e. The lowest BCUT2D eigenvalue weighted by molar-refractivity contribution is -0.130. The van der Waals surface area contributed by atoms with Crippen molar-refractivity contribution in [2.24, 2.45) is 17.6 Å². The molecule has 4 heteroatoms. The van der Waals surface area contributed by atoms with E-state index in [0.29, 0.717) is 13.0 Å². The highest BCUT2D eigenvalue weighted by Crippen LogP contribution is 2.21. The predicted octanol–water partition coefficient (Wildman–Crippen LogP) is 0.772. The van der Waals surface area contributed by atoms with Gasteiger partial charge in [0.1, 0.15) is 0 Å². The van der Waals surface area contributed by atoms with Crippen LogP contribution in [-0.2, 0) is 4.79 Å². The van der Waals surface area contributed by atoms with Crippen LogP contribution < -0.4 is 5.73 Å². The second-order valence-corrected chi connectivity index (χ2v) is 5.42. The molecule has 0 radical (unpaired) electrons. The van der Waals surface area contributed by atoms with E-state index in [-0.39, 0.29) is 5.91 Å². The van der Waals surface area contributed by atoms with Crippen LogP contribution in [0.4, 0.5) is 0 Å². The maximum absolute atomic E-state index is 11.8. The molecule has 1 amide bonds. The van der Waals surface area contributed by atoms with E-state index in [2.05, 4.69) is 18.7 Å². The zero-order chi connectivity index (χ0) is 12.8. The van der Waals surface area contributed by atoms with Crippen molar-refractivity contribution < 1.29 is 4.79 Å². The highest BCUT2D eigenvalue weighted by atomic mass is 16.2. The van der Waals surface area contributed by atoms with Crippen molar-refractivity contribution in [3.63, 3.8) is 0 Å². The van der Waals surface area contributed by atoms with Gasteiger partial charge in [-0.15, -0.1) is 0 Å². The van der Waals surface area contributed by atoms with Gasteiger partial charge >= 0.3 is 0 Å². The van der Waals surface area contributed by atoms with E-state index < -0.39 is 0 Å². The van der Waals surface area contributed by atoms with E-state index in [9.17, 15) is 4.79 Å². The Labute approximate surface area is 105 Å². The molecule has 17 heavy (non-hydrogen) atoms. The lowest BCUT2D eigenvalue weighted by Gasteiger charge is -2.19. The minimum Gasteiger partial charge on any atom is -0.346 e. The fraction of sp³-hybridized carbons (Fsp3) is 0.923. The molecule has 0 saturated carbocycles. The molecule has 2 unspecified atom stereocenters. The zero-order valence-electron chi connectivity index (χ0n) is 11.5. The second-order valence-electron chi connectivity index (χ2n) is 5.42. The van der Waals surface area contributed by atoms with Crippen LogP contribution in [0.1, 0.15) is 26.7 Å². The summed E-state index contributed by atoms with van der Waals surface area (Å²) in [5.74, 6) is 1.77. The summed E-state index contributed by atoms with van der Waals surface area (Å²) in [6, 6.07) is 0. The SMILES string of the molecule is CC1CN(CCC(=O)N(C)CCCN)CC1C. The molecule has 1 rings (SSSR count). The zero-order valence-corrected chi connectivity index (χ0v) is 11.5. The summed E-state index contributed by atoms with van der Waals surface area (Å²) < 4.78 is 0. The van der Waals surface area contributed by atoms with E-state index in [1.807, 2.05) is 7.05 Å². The molecule has 0 aliphatic carbocycles. The van der Waals surface area contributed by atoms with Crippen LogP contribution in [0.25, 0.3) is 0 Å². The van der Waals surface area contributed by atoms with Gasteiger partial charge in [-0.25, -0.2) is 0 Å². The number of nitrogens with two attached hydrogens (primary N) is 1. The number of nitrogens with zero attached hydrogens (tertiary/aromatic N) is 2. The summed E-state index contributed by atoms with van der Waals surface area (Å²) in [4.78, 5) is 16.0. The first-order chi connectivity index (χ1) is 8.04. The summed E-state index contributed by atoms with van der Waals surface area (Å²) in [5.41, 5.74) is 5.43. The molecule has 2 N–H and O–H groups in total. The van der Waals surface area contributed by atoms with Gasteiger partial charge in [-0.1, -0.05) is 13.8 Å². The first-order valence-electron chi connectivity index (χ1n) is 6.71. The monoisotopic (exact) mass is 241 g/mol. The van der Waals surface area contributed by atoms with Crippen LogP contribution in [-0.4, -0.2) is 55.5 Å². The van der Waals surface area contributed by atoms with E-state index >= 15 is 0 Å². The number of hydrogen-bond donors (Lipinski definition) is 1. The van der Waals surface area contributed by atoms with E-state index in [1.54, 1.807) is 4.90 Å². The fourth-order valence-corrected chi connectivity index (χ4v) is 2.33. The Morgan fingerprint density at radius 2 is 1.94 bits per heavy atom. The van der Waals surface area contributed by atoms with Crippen molar-refractivity contribution in [1.29, 1.82) is 0 Å². The maximum atomic E-state index is 11.8. The van der Waals surface area contributed by atoms with Crippen LogP contribution >= 0.6 is 0 Å². The minimum atomic E-state index is 0.241. The van der Waals surface area contributed by atoms with Crippen LogP contribution in [0.5, 0.6) is 0 Å². The normalized spacial score (nSPS) is 25.2. The van der Waals surface area contributed by atoms with Crippen molar-refractivity contribution in [1.82, 2.24) is 9.80 Å². The van der Waals surface area contributed by atoms with Gasteiger partial charge in [0.05, 0.1) is 0 Å². The standard InChI is InChI=1S/C13H27N3O/c1-11-9-16(10-12(11)2)8-5-13(17)15(3)7-4-6-14/h11-12H,4-10,14H2,1-3H3. The van der Waals surface area contributed by atoms with Crippen LogP contribution in [0.15, 0.2) is 0 Å². The lowest BCUT2D eigenvalue weighted by Crippen LogP contribution is -2.32. The molecule has 0 aromatic heterocycles. The van der Waals surface area contributed by atoms with Crippen molar-refractivity contribution in [3.05, 3.63) is 0 Å². The fourth-order valence-electron chi connectivity index (χ4n) is 2.33. The van der Waals surface area contributed by atoms with Gasteiger partial charge in [0.25, 0.3) is 0 Å². The molecule has 1 aliphatic heterocycles. The van der Waals surface area contributed by atoms with Crippen molar-refractivity contribution in [2.45, 2.75) is 26.7 Å². The molecule has 4 nitrogen and oxygen atoms in total. The quantitative estimate of drug-likeness (QED) is 0.747. The van der Waals surface area contributed by atoms with Crippen molar-refractivity contribution in [2.75, 3.05) is 39.8 Å². The third-order valence-corrected chi connectivity index (χ3v) is 3.83. The first kappa shape index (κ1) is 14.5. The number of amides is 1.